The summed E-state index contributed by atoms with van der Waals surface area (Å²) in [6, 6.07) is 64.5. The summed E-state index contributed by atoms with van der Waals surface area (Å²) >= 11 is 1.85. The molecule has 9 aromatic carbocycles. The molecule has 5 heteroatoms. The molecule has 0 N–H and O–H groups in total. The van der Waals surface area contributed by atoms with E-state index in [1.54, 1.807) is 0 Å². The molecule has 56 heavy (non-hydrogen) atoms. The number of rotatable bonds is 5. The number of furan rings is 1. The Kier molecular flexibility index (Phi) is 6.76. The maximum absolute atomic E-state index is 6.68. The molecule has 0 aliphatic rings. The first-order chi connectivity index (χ1) is 27.7. The fourth-order valence-corrected chi connectivity index (χ4v) is 9.52. The van der Waals surface area contributed by atoms with Crippen molar-refractivity contribution >= 4 is 103 Å². The zero-order valence-electron chi connectivity index (χ0n) is 29.9. The molecule has 12 rings (SSSR count). The molecule has 0 saturated heterocycles. The molecule has 262 valence electrons. The fraction of sp³-hybridized carbons (Fsp3) is 0. The van der Waals surface area contributed by atoms with Crippen LogP contribution in [-0.2, 0) is 0 Å². The van der Waals surface area contributed by atoms with E-state index < -0.39 is 0 Å². The SMILES string of the molecule is c1ccc(-c2cccc(N(c3ccc4c(c3)oc3cccc(-c5nc6c(ccc7ccccc76)o5)c34)c3ccc4sc5cc6ccccc6cc5c4c3)c2)cc1. The topological polar surface area (TPSA) is 42.4 Å². The van der Waals surface area contributed by atoms with Crippen molar-refractivity contribution in [2.45, 2.75) is 0 Å². The van der Waals surface area contributed by atoms with Gasteiger partial charge in [-0.2, -0.15) is 0 Å². The molecule has 3 heterocycles. The van der Waals surface area contributed by atoms with Gasteiger partial charge in [0.2, 0.25) is 5.89 Å². The van der Waals surface area contributed by atoms with E-state index >= 15 is 0 Å². The summed E-state index contributed by atoms with van der Waals surface area (Å²) < 4.78 is 15.7. The molecule has 0 aliphatic heterocycles. The van der Waals surface area contributed by atoms with Crippen molar-refractivity contribution in [3.63, 3.8) is 0 Å². The van der Waals surface area contributed by atoms with Crippen LogP contribution >= 0.6 is 11.3 Å². The normalized spacial score (nSPS) is 11.9. The predicted octanol–water partition coefficient (Wildman–Crippen LogP) is 15.2. The second-order valence-electron chi connectivity index (χ2n) is 14.3. The fourth-order valence-electron chi connectivity index (χ4n) is 8.40. The van der Waals surface area contributed by atoms with Crippen LogP contribution in [0.15, 0.2) is 191 Å². The number of anilines is 3. The third-order valence-corrected chi connectivity index (χ3v) is 12.2. The van der Waals surface area contributed by atoms with Crippen LogP contribution in [0.1, 0.15) is 0 Å². The highest BCUT2D eigenvalue weighted by atomic mass is 32.1. The van der Waals surface area contributed by atoms with Crippen LogP contribution in [0.4, 0.5) is 17.1 Å². The van der Waals surface area contributed by atoms with E-state index in [0.717, 1.165) is 72.0 Å². The highest BCUT2D eigenvalue weighted by Gasteiger charge is 2.21. The maximum Gasteiger partial charge on any atom is 0.228 e. The Hall–Kier alpha value is -7.21. The van der Waals surface area contributed by atoms with Crippen LogP contribution in [0.25, 0.3) is 97.3 Å². The molecule has 0 amide bonds. The maximum atomic E-state index is 6.68. The van der Waals surface area contributed by atoms with Gasteiger partial charge in [0.1, 0.15) is 16.7 Å². The largest absolute Gasteiger partial charge is 0.456 e. The van der Waals surface area contributed by atoms with Gasteiger partial charge in [-0.25, -0.2) is 4.98 Å². The van der Waals surface area contributed by atoms with Crippen LogP contribution in [0.5, 0.6) is 0 Å². The van der Waals surface area contributed by atoms with Gasteiger partial charge < -0.3 is 13.7 Å². The van der Waals surface area contributed by atoms with Crippen LogP contribution in [0.2, 0.25) is 0 Å². The molecular weight excluding hydrogens is 705 g/mol. The van der Waals surface area contributed by atoms with Gasteiger partial charge in [-0.1, -0.05) is 103 Å². The molecule has 4 nitrogen and oxygen atoms in total. The van der Waals surface area contributed by atoms with Gasteiger partial charge in [0.05, 0.1) is 0 Å². The molecule has 0 saturated carbocycles. The van der Waals surface area contributed by atoms with Gasteiger partial charge >= 0.3 is 0 Å². The molecular formula is C51H30N2O2S. The van der Waals surface area contributed by atoms with Crippen molar-refractivity contribution in [2.75, 3.05) is 4.90 Å². The van der Waals surface area contributed by atoms with E-state index in [2.05, 4.69) is 157 Å². The third-order valence-electron chi connectivity index (χ3n) is 11.0. The van der Waals surface area contributed by atoms with Crippen molar-refractivity contribution in [3.8, 4) is 22.6 Å². The molecule has 3 aromatic heterocycles. The van der Waals surface area contributed by atoms with E-state index in [9.17, 15) is 0 Å². The van der Waals surface area contributed by atoms with Gasteiger partial charge in [-0.05, 0) is 100 Å². The lowest BCUT2D eigenvalue weighted by atomic mass is 10.0. The smallest absolute Gasteiger partial charge is 0.228 e. The summed E-state index contributed by atoms with van der Waals surface area (Å²) in [5.74, 6) is 0.581. The first kappa shape index (κ1) is 31.2. The number of fused-ring (bicyclic) bond motifs is 10. The summed E-state index contributed by atoms with van der Waals surface area (Å²) in [5, 5.41) is 9.24. The van der Waals surface area contributed by atoms with Gasteiger partial charge in [0, 0.05) is 65.0 Å². The van der Waals surface area contributed by atoms with E-state index in [0.29, 0.717) is 5.89 Å². The Bertz CT molecular complexity index is 3500. The van der Waals surface area contributed by atoms with Gasteiger partial charge in [-0.15, -0.1) is 11.3 Å². The second-order valence-corrected chi connectivity index (χ2v) is 15.4. The Morgan fingerprint density at radius 3 is 2.05 bits per heavy atom. The lowest BCUT2D eigenvalue weighted by molar-refractivity contribution is 0.620. The van der Waals surface area contributed by atoms with Crippen molar-refractivity contribution < 1.29 is 8.83 Å². The zero-order chi connectivity index (χ0) is 36.7. The standard InChI is InChI=1S/C51H30N2O2S/c1-2-10-31(11-3-1)33-15-8-16-36(26-33)53(37-22-25-47-43(29-37)42-27-34-13-4-5-14-35(34)28-48(42)56-47)38-21-23-40-46(30-38)54-44-19-9-18-41(49(40)44)51-52-50-39-17-7-6-12-32(39)20-24-45(50)55-51/h1-30H. The van der Waals surface area contributed by atoms with Crippen LogP contribution in [0.3, 0.4) is 0 Å². The average Bonchev–Trinajstić information content (AvgIpc) is 3.96. The predicted molar refractivity (Wildman–Crippen MR) is 235 cm³/mol. The van der Waals surface area contributed by atoms with E-state index in [1.165, 1.54) is 36.5 Å². The summed E-state index contributed by atoms with van der Waals surface area (Å²) in [6.45, 7) is 0. The van der Waals surface area contributed by atoms with Crippen LogP contribution in [0, 0.1) is 0 Å². The monoisotopic (exact) mass is 734 g/mol. The summed E-state index contributed by atoms with van der Waals surface area (Å²) in [4.78, 5) is 7.39. The van der Waals surface area contributed by atoms with E-state index in [1.807, 2.05) is 41.7 Å². The van der Waals surface area contributed by atoms with Gasteiger partial charge in [-0.3, -0.25) is 0 Å². The number of hydrogen-bond acceptors (Lipinski definition) is 5. The second kappa shape index (κ2) is 12.2. The minimum Gasteiger partial charge on any atom is -0.456 e. The molecule has 0 atom stereocenters. The highest BCUT2D eigenvalue weighted by molar-refractivity contribution is 7.25. The van der Waals surface area contributed by atoms with Crippen molar-refractivity contribution in [1.29, 1.82) is 0 Å². The molecule has 0 radical (unpaired) electrons. The number of benzene rings is 9. The first-order valence-corrected chi connectivity index (χ1v) is 19.6. The van der Waals surface area contributed by atoms with Crippen molar-refractivity contribution in [2.24, 2.45) is 0 Å². The minimum atomic E-state index is 0.581. The van der Waals surface area contributed by atoms with Crippen LogP contribution in [-0.4, -0.2) is 4.98 Å². The lowest BCUT2D eigenvalue weighted by Crippen LogP contribution is -2.09. The summed E-state index contributed by atoms with van der Waals surface area (Å²) in [6.07, 6.45) is 0. The quantitative estimate of drug-likeness (QED) is 0.177. The van der Waals surface area contributed by atoms with Gasteiger partial charge in [0.15, 0.2) is 5.58 Å². The molecule has 0 spiro atoms. The van der Waals surface area contributed by atoms with Crippen molar-refractivity contribution in [3.05, 3.63) is 182 Å². The molecule has 0 aliphatic carbocycles. The number of thiophene rings is 1. The molecule has 12 aromatic rings. The number of oxazole rings is 1. The molecule has 0 bridgehead atoms. The van der Waals surface area contributed by atoms with E-state index in [4.69, 9.17) is 13.8 Å². The van der Waals surface area contributed by atoms with Crippen molar-refractivity contribution in [1.82, 2.24) is 4.98 Å². The Morgan fingerprint density at radius 2 is 1.14 bits per heavy atom. The number of nitrogens with zero attached hydrogens (tertiary/aromatic N) is 2. The summed E-state index contributed by atoms with van der Waals surface area (Å²) in [7, 11) is 0. The number of hydrogen-bond donors (Lipinski definition) is 0. The molecule has 0 unspecified atom stereocenters. The Morgan fingerprint density at radius 1 is 0.411 bits per heavy atom. The van der Waals surface area contributed by atoms with Gasteiger partial charge in [0.25, 0.3) is 0 Å². The molecule has 0 fully saturated rings. The van der Waals surface area contributed by atoms with E-state index in [-0.39, 0.29) is 0 Å². The number of aromatic nitrogens is 1. The summed E-state index contributed by atoms with van der Waals surface area (Å²) in [5.41, 5.74) is 9.59. The average molecular weight is 735 g/mol. The first-order valence-electron chi connectivity index (χ1n) is 18.8. The lowest BCUT2D eigenvalue weighted by Gasteiger charge is -2.26. The third kappa shape index (κ3) is 4.88. The van der Waals surface area contributed by atoms with Crippen LogP contribution < -0.4 is 4.90 Å². The minimum absolute atomic E-state index is 0.581. The Balaban J connectivity index is 1.04. The Labute approximate surface area is 325 Å². The zero-order valence-corrected chi connectivity index (χ0v) is 30.8. The highest BCUT2D eigenvalue weighted by Crippen LogP contribution is 2.45.